The molecule has 3 rings (SSSR count). The number of rotatable bonds is 3. The Morgan fingerprint density at radius 3 is 2.86 bits per heavy atom. The van der Waals surface area contributed by atoms with Crippen molar-refractivity contribution in [3.63, 3.8) is 0 Å². The number of thiophene rings is 1. The molecule has 0 aliphatic carbocycles. The second-order valence-electron chi connectivity index (χ2n) is 5.54. The van der Waals surface area contributed by atoms with Gasteiger partial charge in [-0.2, -0.15) is 0 Å². The van der Waals surface area contributed by atoms with Gasteiger partial charge in [-0.1, -0.05) is 0 Å². The molecule has 2 aromatic rings. The van der Waals surface area contributed by atoms with Crippen LogP contribution in [-0.2, 0) is 0 Å². The summed E-state index contributed by atoms with van der Waals surface area (Å²) in [6, 6.07) is 5.91. The van der Waals surface area contributed by atoms with E-state index in [1.165, 1.54) is 0 Å². The summed E-state index contributed by atoms with van der Waals surface area (Å²) in [7, 11) is 1.84. The number of nitrogens with zero attached hydrogens (tertiary/aromatic N) is 3. The quantitative estimate of drug-likeness (QED) is 0.945. The summed E-state index contributed by atoms with van der Waals surface area (Å²) in [6.07, 6.45) is 1.97. The summed E-state index contributed by atoms with van der Waals surface area (Å²) < 4.78 is 0. The van der Waals surface area contributed by atoms with Crippen LogP contribution in [0.5, 0.6) is 0 Å². The largest absolute Gasteiger partial charge is 0.373 e. The second-order valence-corrected chi connectivity index (χ2v) is 6.83. The minimum Gasteiger partial charge on any atom is -0.373 e. The van der Waals surface area contributed by atoms with Gasteiger partial charge in [0.05, 0.1) is 16.6 Å². The molecule has 1 saturated heterocycles. The van der Waals surface area contributed by atoms with E-state index in [-0.39, 0.29) is 11.9 Å². The lowest BCUT2D eigenvalue weighted by molar-refractivity contribution is 0.0737. The van der Waals surface area contributed by atoms with Crippen molar-refractivity contribution < 1.29 is 4.79 Å². The van der Waals surface area contributed by atoms with Crippen LogP contribution >= 0.6 is 11.3 Å². The van der Waals surface area contributed by atoms with Gasteiger partial charge in [0.1, 0.15) is 11.6 Å². The Morgan fingerprint density at radius 1 is 1.36 bits per heavy atom. The maximum atomic E-state index is 12.8. The third kappa shape index (κ3) is 2.83. The van der Waals surface area contributed by atoms with Crippen molar-refractivity contribution in [2.45, 2.75) is 32.7 Å². The first-order valence-corrected chi connectivity index (χ1v) is 8.31. The second kappa shape index (κ2) is 6.04. The molecular weight excluding hydrogens is 296 g/mol. The van der Waals surface area contributed by atoms with Gasteiger partial charge >= 0.3 is 0 Å². The van der Waals surface area contributed by atoms with Crippen molar-refractivity contribution in [2.75, 3.05) is 18.9 Å². The number of carbonyl (C=O) groups excluding carboxylic acids is 1. The Bertz CT molecular complexity index is 697. The average molecular weight is 316 g/mol. The highest BCUT2D eigenvalue weighted by atomic mass is 32.1. The van der Waals surface area contributed by atoms with Crippen LogP contribution in [0.3, 0.4) is 0 Å². The van der Waals surface area contributed by atoms with E-state index in [2.05, 4.69) is 15.3 Å². The molecule has 0 radical (unpaired) electrons. The minimum atomic E-state index is 0.0451. The zero-order chi connectivity index (χ0) is 15.7. The number of amides is 1. The first-order valence-electron chi connectivity index (χ1n) is 7.49. The number of anilines is 1. The molecule has 0 aromatic carbocycles. The molecule has 0 saturated carbocycles. The van der Waals surface area contributed by atoms with E-state index in [1.54, 1.807) is 11.3 Å². The Morgan fingerprint density at radius 2 is 2.18 bits per heavy atom. The predicted molar refractivity (Wildman–Crippen MR) is 88.4 cm³/mol. The van der Waals surface area contributed by atoms with Crippen molar-refractivity contribution in [3.05, 3.63) is 39.5 Å². The van der Waals surface area contributed by atoms with Crippen molar-refractivity contribution in [1.29, 1.82) is 0 Å². The monoisotopic (exact) mass is 316 g/mol. The molecule has 3 heterocycles. The Kier molecular flexibility index (Phi) is 4.11. The van der Waals surface area contributed by atoms with Crippen LogP contribution in [-0.4, -0.2) is 34.4 Å². The Hall–Kier alpha value is -1.95. The molecule has 1 fully saturated rings. The van der Waals surface area contributed by atoms with E-state index in [4.69, 9.17) is 0 Å². The van der Waals surface area contributed by atoms with Crippen molar-refractivity contribution in [1.82, 2.24) is 14.9 Å². The van der Waals surface area contributed by atoms with Gasteiger partial charge in [-0.25, -0.2) is 9.97 Å². The molecule has 6 heteroatoms. The van der Waals surface area contributed by atoms with E-state index in [9.17, 15) is 4.79 Å². The number of hydrogen-bond acceptors (Lipinski definition) is 5. The predicted octanol–water partition coefficient (Wildman–Crippen LogP) is 3.17. The normalized spacial score (nSPS) is 17.8. The lowest BCUT2D eigenvalue weighted by atomic mass is 10.1. The van der Waals surface area contributed by atoms with Crippen LogP contribution in [0, 0.1) is 13.8 Å². The van der Waals surface area contributed by atoms with Gasteiger partial charge < -0.3 is 10.2 Å². The number of nitrogens with one attached hydrogen (secondary N) is 1. The molecule has 1 atom stereocenters. The molecule has 22 heavy (non-hydrogen) atoms. The van der Waals surface area contributed by atoms with Crippen molar-refractivity contribution in [2.24, 2.45) is 0 Å². The average Bonchev–Trinajstić information content (AvgIpc) is 3.14. The van der Waals surface area contributed by atoms with Crippen molar-refractivity contribution >= 4 is 23.1 Å². The fraction of sp³-hybridized carbons (Fsp3) is 0.438. The molecule has 1 aliphatic rings. The highest BCUT2D eigenvalue weighted by molar-refractivity contribution is 7.13. The summed E-state index contributed by atoms with van der Waals surface area (Å²) in [5.74, 6) is 1.64. The molecule has 1 aliphatic heterocycles. The van der Waals surface area contributed by atoms with Gasteiger partial charge in [0.25, 0.3) is 5.91 Å². The molecular formula is C16H20N4OS. The summed E-state index contributed by atoms with van der Waals surface area (Å²) in [5, 5.41) is 3.06. The highest BCUT2D eigenvalue weighted by Crippen LogP contribution is 2.33. The summed E-state index contributed by atoms with van der Waals surface area (Å²) >= 11 is 1.55. The van der Waals surface area contributed by atoms with Crippen LogP contribution in [0.15, 0.2) is 18.2 Å². The first-order chi connectivity index (χ1) is 10.6. The fourth-order valence-electron chi connectivity index (χ4n) is 2.90. The standard InChI is InChI=1S/C16H20N4OS/c1-10-6-7-14(22-10)16(21)20-8-4-5-13(20)12-9-15(17-3)19-11(2)18-12/h6-7,9,13H,4-5,8H2,1-3H3,(H,17,18,19)/t13-/m1/s1. The summed E-state index contributed by atoms with van der Waals surface area (Å²) in [5.41, 5.74) is 0.927. The molecule has 5 nitrogen and oxygen atoms in total. The Balaban J connectivity index is 1.90. The smallest absolute Gasteiger partial charge is 0.264 e. The van der Waals surface area contributed by atoms with Gasteiger partial charge in [-0.3, -0.25) is 4.79 Å². The maximum Gasteiger partial charge on any atom is 0.264 e. The van der Waals surface area contributed by atoms with E-state index < -0.39 is 0 Å². The van der Waals surface area contributed by atoms with Gasteiger partial charge in [-0.05, 0) is 38.8 Å². The zero-order valence-corrected chi connectivity index (χ0v) is 13.9. The van der Waals surface area contributed by atoms with Crippen molar-refractivity contribution in [3.8, 4) is 0 Å². The van der Waals surface area contributed by atoms with E-state index >= 15 is 0 Å². The number of aryl methyl sites for hydroxylation is 2. The third-order valence-corrected chi connectivity index (χ3v) is 4.91. The summed E-state index contributed by atoms with van der Waals surface area (Å²) in [4.78, 5) is 25.6. The van der Waals surface area contributed by atoms with Crippen LogP contribution in [0.2, 0.25) is 0 Å². The number of hydrogen-bond donors (Lipinski definition) is 1. The Labute approximate surface area is 134 Å². The number of carbonyl (C=O) groups is 1. The van der Waals surface area contributed by atoms with E-state index in [0.29, 0.717) is 0 Å². The first kappa shape index (κ1) is 15.0. The van der Waals surface area contributed by atoms with Crippen LogP contribution in [0.4, 0.5) is 5.82 Å². The number of likely N-dealkylation sites (tertiary alicyclic amines) is 1. The molecule has 0 bridgehead atoms. The zero-order valence-electron chi connectivity index (χ0n) is 13.1. The molecule has 0 unspecified atom stereocenters. The lowest BCUT2D eigenvalue weighted by Gasteiger charge is -2.24. The van der Waals surface area contributed by atoms with Crippen LogP contribution < -0.4 is 5.32 Å². The molecule has 116 valence electrons. The topological polar surface area (TPSA) is 58.1 Å². The van der Waals surface area contributed by atoms with Crippen LogP contribution in [0.25, 0.3) is 0 Å². The molecule has 2 aromatic heterocycles. The minimum absolute atomic E-state index is 0.0451. The fourth-order valence-corrected chi connectivity index (χ4v) is 3.72. The molecule has 1 amide bonds. The highest BCUT2D eigenvalue weighted by Gasteiger charge is 2.32. The van der Waals surface area contributed by atoms with Gasteiger partial charge in [0, 0.05) is 24.5 Å². The van der Waals surface area contributed by atoms with Gasteiger partial charge in [-0.15, -0.1) is 11.3 Å². The maximum absolute atomic E-state index is 12.8. The van der Waals surface area contributed by atoms with Gasteiger partial charge in [0.2, 0.25) is 0 Å². The summed E-state index contributed by atoms with van der Waals surface area (Å²) in [6.45, 7) is 4.70. The van der Waals surface area contributed by atoms with Gasteiger partial charge in [0.15, 0.2) is 0 Å². The molecule has 0 spiro atoms. The van der Waals surface area contributed by atoms with E-state index in [1.807, 2.05) is 44.0 Å². The number of aromatic nitrogens is 2. The van der Waals surface area contributed by atoms with E-state index in [0.717, 1.165) is 46.5 Å². The molecule has 1 N–H and O–H groups in total. The third-order valence-electron chi connectivity index (χ3n) is 3.92. The SMILES string of the molecule is CNc1cc([C@H]2CCCN2C(=O)c2ccc(C)s2)nc(C)n1. The lowest BCUT2D eigenvalue weighted by Crippen LogP contribution is -2.30. The van der Waals surface area contributed by atoms with Crippen LogP contribution in [0.1, 0.15) is 45.0 Å².